The topological polar surface area (TPSA) is 78.6 Å². The monoisotopic (exact) mass is 291 g/mol. The molecule has 0 heterocycles. The highest BCUT2D eigenvalue weighted by Crippen LogP contribution is 2.20. The summed E-state index contributed by atoms with van der Waals surface area (Å²) >= 11 is 0. The Morgan fingerprint density at radius 3 is 2.58 bits per heavy atom. The fraction of sp³-hybridized carbons (Fsp3) is 0.500. The molecule has 2 N–H and O–H groups in total. The number of hydrogen-bond acceptors (Lipinski definition) is 4. The van der Waals surface area contributed by atoms with E-state index in [1.165, 1.54) is 12.1 Å². The molecule has 0 aromatic heterocycles. The molecule has 19 heavy (non-hydrogen) atoms. The Kier molecular flexibility index (Phi) is 6.20. The van der Waals surface area contributed by atoms with Crippen molar-refractivity contribution in [1.29, 1.82) is 0 Å². The number of sulfonamides is 1. The number of primary sulfonamides is 1. The zero-order chi connectivity index (χ0) is 14.3. The van der Waals surface area contributed by atoms with Gasteiger partial charge in [0.1, 0.15) is 6.61 Å². The highest BCUT2D eigenvalue weighted by atomic mass is 32.2. The normalized spacial score (nSPS) is 11.5. The van der Waals surface area contributed by atoms with Crippen molar-refractivity contribution in [1.82, 2.24) is 0 Å². The first kappa shape index (κ1) is 15.9. The second-order valence-electron chi connectivity index (χ2n) is 3.95. The van der Waals surface area contributed by atoms with Crippen LogP contribution >= 0.6 is 0 Å². The summed E-state index contributed by atoms with van der Waals surface area (Å²) < 4.78 is 45.9. The van der Waals surface area contributed by atoms with Crippen molar-refractivity contribution in [2.45, 2.75) is 24.7 Å². The van der Waals surface area contributed by atoms with E-state index in [0.29, 0.717) is 13.2 Å². The molecule has 108 valence electrons. The Morgan fingerprint density at radius 2 is 2.00 bits per heavy atom. The van der Waals surface area contributed by atoms with E-state index in [1.54, 1.807) is 0 Å². The Morgan fingerprint density at radius 1 is 1.26 bits per heavy atom. The van der Waals surface area contributed by atoms with Crippen molar-refractivity contribution >= 4 is 10.0 Å². The average molecular weight is 291 g/mol. The molecule has 0 fully saturated rings. The van der Waals surface area contributed by atoms with Crippen LogP contribution in [-0.4, -0.2) is 28.2 Å². The molecule has 0 unspecified atom stereocenters. The molecular weight excluding hydrogens is 273 g/mol. The van der Waals surface area contributed by atoms with Crippen LogP contribution in [0, 0.1) is 5.82 Å². The first-order valence-electron chi connectivity index (χ1n) is 5.98. The van der Waals surface area contributed by atoms with Crippen molar-refractivity contribution in [3.63, 3.8) is 0 Å². The van der Waals surface area contributed by atoms with E-state index in [9.17, 15) is 12.8 Å². The second kappa shape index (κ2) is 7.42. The maximum absolute atomic E-state index is 13.5. The Balaban J connectivity index is 2.47. The molecule has 7 heteroatoms. The van der Waals surface area contributed by atoms with E-state index in [-0.39, 0.29) is 17.3 Å². The standard InChI is InChI=1S/C12H18FNO4S/c1-2-3-6-17-7-8-18-12-5-4-10(9-11(12)13)19(14,15)16/h4-5,9H,2-3,6-8H2,1H3,(H2,14,15,16). The van der Waals surface area contributed by atoms with Gasteiger partial charge in [-0.1, -0.05) is 13.3 Å². The largest absolute Gasteiger partial charge is 0.488 e. The van der Waals surface area contributed by atoms with Gasteiger partial charge in [0.2, 0.25) is 10.0 Å². The summed E-state index contributed by atoms with van der Waals surface area (Å²) in [6.07, 6.45) is 2.02. The minimum Gasteiger partial charge on any atom is -0.488 e. The fourth-order valence-electron chi connectivity index (χ4n) is 1.33. The van der Waals surface area contributed by atoms with Gasteiger partial charge in [-0.05, 0) is 24.6 Å². The fourth-order valence-corrected chi connectivity index (χ4v) is 1.86. The summed E-state index contributed by atoms with van der Waals surface area (Å²) in [5.74, 6) is -0.786. The zero-order valence-corrected chi connectivity index (χ0v) is 11.6. The number of hydrogen-bond donors (Lipinski definition) is 1. The number of nitrogens with two attached hydrogens (primary N) is 1. The first-order valence-corrected chi connectivity index (χ1v) is 7.52. The van der Waals surface area contributed by atoms with E-state index < -0.39 is 15.8 Å². The van der Waals surface area contributed by atoms with Gasteiger partial charge in [0.05, 0.1) is 11.5 Å². The van der Waals surface area contributed by atoms with Crippen molar-refractivity contribution in [2.24, 2.45) is 5.14 Å². The quantitative estimate of drug-likeness (QED) is 0.739. The lowest BCUT2D eigenvalue weighted by atomic mass is 10.3. The van der Waals surface area contributed by atoms with Gasteiger partial charge in [-0.2, -0.15) is 0 Å². The Hall–Kier alpha value is -1.18. The van der Waals surface area contributed by atoms with Crippen LogP contribution in [0.1, 0.15) is 19.8 Å². The van der Waals surface area contributed by atoms with Crippen molar-refractivity contribution in [3.05, 3.63) is 24.0 Å². The van der Waals surface area contributed by atoms with E-state index >= 15 is 0 Å². The van der Waals surface area contributed by atoms with Gasteiger partial charge in [0.15, 0.2) is 11.6 Å². The predicted molar refractivity (Wildman–Crippen MR) is 69.0 cm³/mol. The Labute approximate surface area is 112 Å². The van der Waals surface area contributed by atoms with Gasteiger partial charge in [-0.25, -0.2) is 17.9 Å². The lowest BCUT2D eigenvalue weighted by Gasteiger charge is -2.08. The molecule has 0 spiro atoms. The van der Waals surface area contributed by atoms with E-state index in [2.05, 4.69) is 6.92 Å². The van der Waals surface area contributed by atoms with Gasteiger partial charge in [-0.3, -0.25) is 0 Å². The van der Waals surface area contributed by atoms with Crippen LogP contribution in [0.4, 0.5) is 4.39 Å². The summed E-state index contributed by atoms with van der Waals surface area (Å²) in [7, 11) is -3.90. The maximum atomic E-state index is 13.5. The molecule has 5 nitrogen and oxygen atoms in total. The van der Waals surface area contributed by atoms with Crippen LogP contribution in [0.25, 0.3) is 0 Å². The molecule has 0 aliphatic carbocycles. The molecule has 1 rings (SSSR count). The van der Waals surface area contributed by atoms with Crippen LogP contribution in [0.5, 0.6) is 5.75 Å². The van der Waals surface area contributed by atoms with Gasteiger partial charge in [-0.15, -0.1) is 0 Å². The lowest BCUT2D eigenvalue weighted by molar-refractivity contribution is 0.0966. The smallest absolute Gasteiger partial charge is 0.238 e. The molecule has 0 saturated heterocycles. The van der Waals surface area contributed by atoms with Crippen LogP contribution < -0.4 is 9.88 Å². The van der Waals surface area contributed by atoms with Gasteiger partial charge in [0.25, 0.3) is 0 Å². The molecular formula is C12H18FNO4S. The summed E-state index contributed by atoms with van der Waals surface area (Å²) in [4.78, 5) is -0.281. The van der Waals surface area contributed by atoms with Crippen molar-refractivity contribution < 1.29 is 22.3 Å². The molecule has 0 aliphatic heterocycles. The minimum atomic E-state index is -3.90. The molecule has 0 aliphatic rings. The van der Waals surface area contributed by atoms with Gasteiger partial charge in [0, 0.05) is 6.61 Å². The van der Waals surface area contributed by atoms with Crippen LogP contribution in [0.2, 0.25) is 0 Å². The minimum absolute atomic E-state index is 0.0218. The second-order valence-corrected chi connectivity index (χ2v) is 5.51. The van der Waals surface area contributed by atoms with E-state index in [1.807, 2.05) is 0 Å². The number of benzene rings is 1. The number of unbranched alkanes of at least 4 members (excludes halogenated alkanes) is 1. The number of rotatable bonds is 8. The highest BCUT2D eigenvalue weighted by molar-refractivity contribution is 7.89. The summed E-state index contributed by atoms with van der Waals surface area (Å²) in [6.45, 7) is 3.26. The molecule has 0 bridgehead atoms. The zero-order valence-electron chi connectivity index (χ0n) is 10.8. The lowest BCUT2D eigenvalue weighted by Crippen LogP contribution is -2.13. The molecule has 1 aromatic rings. The molecule has 0 amide bonds. The van der Waals surface area contributed by atoms with Crippen LogP contribution in [0.15, 0.2) is 23.1 Å². The van der Waals surface area contributed by atoms with Gasteiger partial charge < -0.3 is 9.47 Å². The van der Waals surface area contributed by atoms with Crippen LogP contribution in [-0.2, 0) is 14.8 Å². The highest BCUT2D eigenvalue weighted by Gasteiger charge is 2.12. The van der Waals surface area contributed by atoms with Crippen molar-refractivity contribution in [2.75, 3.05) is 19.8 Å². The third kappa shape index (κ3) is 5.54. The first-order chi connectivity index (χ1) is 8.95. The summed E-state index contributed by atoms with van der Waals surface area (Å²) in [5, 5.41) is 4.89. The van der Waals surface area contributed by atoms with Crippen molar-refractivity contribution in [3.8, 4) is 5.75 Å². The third-order valence-electron chi connectivity index (χ3n) is 2.36. The third-order valence-corrected chi connectivity index (χ3v) is 3.27. The SMILES string of the molecule is CCCCOCCOc1ccc(S(N)(=O)=O)cc1F. The summed E-state index contributed by atoms with van der Waals surface area (Å²) in [6, 6.07) is 3.27. The number of halogens is 1. The molecule has 0 saturated carbocycles. The molecule has 1 aromatic carbocycles. The predicted octanol–water partition coefficient (Wildman–Crippen LogP) is 1.67. The van der Waals surface area contributed by atoms with Gasteiger partial charge >= 0.3 is 0 Å². The van der Waals surface area contributed by atoms with E-state index in [4.69, 9.17) is 14.6 Å². The molecule has 0 atom stereocenters. The summed E-state index contributed by atoms with van der Waals surface area (Å²) in [5.41, 5.74) is 0. The molecule has 0 radical (unpaired) electrons. The Bertz CT molecular complexity index is 504. The van der Waals surface area contributed by atoms with E-state index in [0.717, 1.165) is 18.9 Å². The number of ether oxygens (including phenoxy) is 2. The van der Waals surface area contributed by atoms with Crippen LogP contribution in [0.3, 0.4) is 0 Å². The maximum Gasteiger partial charge on any atom is 0.238 e. The average Bonchev–Trinajstić information content (AvgIpc) is 2.34.